The van der Waals surface area contributed by atoms with Gasteiger partial charge in [0.15, 0.2) is 5.16 Å². The van der Waals surface area contributed by atoms with Gasteiger partial charge in [0.2, 0.25) is 0 Å². The molecule has 4 heteroatoms. The van der Waals surface area contributed by atoms with Crippen LogP contribution in [0.25, 0.3) is 5.69 Å². The quantitative estimate of drug-likeness (QED) is 0.666. The van der Waals surface area contributed by atoms with E-state index < -0.39 is 0 Å². The van der Waals surface area contributed by atoms with Crippen molar-refractivity contribution in [3.05, 3.63) is 71.0 Å². The first-order valence-electron chi connectivity index (χ1n) is 7.31. The lowest BCUT2D eigenvalue weighted by Gasteiger charge is -2.09. The summed E-state index contributed by atoms with van der Waals surface area (Å²) in [7, 11) is 0. The summed E-state index contributed by atoms with van der Waals surface area (Å²) in [6, 6.07) is 16.9. The maximum Gasteiger partial charge on any atom is 0.196 e. The Bertz CT molecular complexity index is 775. The second kappa shape index (κ2) is 6.36. The van der Waals surface area contributed by atoms with Crippen molar-refractivity contribution >= 4 is 11.8 Å². The number of hydrogen-bond donors (Lipinski definition) is 0. The third-order valence-corrected chi connectivity index (χ3v) is 4.68. The Hall–Kier alpha value is -2.07. The molecule has 0 aliphatic rings. The average molecular weight is 309 g/mol. The number of benzene rings is 2. The molecule has 0 bridgehead atoms. The van der Waals surface area contributed by atoms with Crippen molar-refractivity contribution < 1.29 is 0 Å². The molecule has 0 aliphatic heterocycles. The molecule has 0 fully saturated rings. The minimum Gasteiger partial charge on any atom is -0.274 e. The molecule has 1 heterocycles. The second-order valence-electron chi connectivity index (χ2n) is 5.42. The Morgan fingerprint density at radius 1 is 0.909 bits per heavy atom. The van der Waals surface area contributed by atoms with Crippen LogP contribution in [0.1, 0.15) is 22.5 Å². The zero-order valence-corrected chi connectivity index (χ0v) is 13.9. The zero-order valence-electron chi connectivity index (χ0n) is 13.1. The Morgan fingerprint density at radius 3 is 2.36 bits per heavy atom. The molecule has 3 aromatic rings. The van der Waals surface area contributed by atoms with Gasteiger partial charge in [0.05, 0.1) is 0 Å². The molecule has 0 radical (unpaired) electrons. The van der Waals surface area contributed by atoms with Crippen LogP contribution in [0.5, 0.6) is 0 Å². The van der Waals surface area contributed by atoms with Crippen molar-refractivity contribution in [3.63, 3.8) is 0 Å². The van der Waals surface area contributed by atoms with Crippen molar-refractivity contribution in [2.75, 3.05) is 0 Å². The lowest BCUT2D eigenvalue weighted by molar-refractivity contribution is 0.867. The van der Waals surface area contributed by atoms with Crippen LogP contribution in [-0.2, 0) is 5.75 Å². The van der Waals surface area contributed by atoms with E-state index in [2.05, 4.69) is 77.1 Å². The van der Waals surface area contributed by atoms with Gasteiger partial charge in [0, 0.05) is 11.4 Å². The number of aromatic nitrogens is 3. The Labute approximate surface area is 135 Å². The highest BCUT2D eigenvalue weighted by molar-refractivity contribution is 7.98. The van der Waals surface area contributed by atoms with E-state index in [0.717, 1.165) is 22.4 Å². The second-order valence-corrected chi connectivity index (χ2v) is 6.36. The van der Waals surface area contributed by atoms with Crippen LogP contribution in [0, 0.1) is 20.8 Å². The van der Waals surface area contributed by atoms with E-state index in [0.29, 0.717) is 0 Å². The van der Waals surface area contributed by atoms with Gasteiger partial charge < -0.3 is 0 Å². The van der Waals surface area contributed by atoms with Crippen LogP contribution in [0.2, 0.25) is 0 Å². The minimum atomic E-state index is 0.899. The summed E-state index contributed by atoms with van der Waals surface area (Å²) in [4.78, 5) is 0. The van der Waals surface area contributed by atoms with Crippen LogP contribution >= 0.6 is 11.8 Å². The van der Waals surface area contributed by atoms with Crippen LogP contribution in [0.4, 0.5) is 0 Å². The molecule has 0 amide bonds. The number of nitrogens with zero attached hydrogens (tertiary/aromatic N) is 3. The van der Waals surface area contributed by atoms with Gasteiger partial charge in [0.25, 0.3) is 0 Å². The molecule has 3 rings (SSSR count). The standard InChI is InChI=1S/C18H19N3S/c1-13-8-10-17(11-9-13)21-15(3)19-20-18(21)22-12-16-7-5-4-6-14(16)2/h4-11H,12H2,1-3H3. The maximum absolute atomic E-state index is 4.34. The van der Waals surface area contributed by atoms with Gasteiger partial charge in [-0.2, -0.15) is 0 Å². The monoisotopic (exact) mass is 309 g/mol. The molecule has 2 aromatic carbocycles. The van der Waals surface area contributed by atoms with Crippen LogP contribution in [0.3, 0.4) is 0 Å². The summed E-state index contributed by atoms with van der Waals surface area (Å²) in [5.74, 6) is 1.81. The summed E-state index contributed by atoms with van der Waals surface area (Å²) >= 11 is 1.72. The molecule has 0 unspecified atom stereocenters. The van der Waals surface area contributed by atoms with Gasteiger partial charge in [-0.3, -0.25) is 4.57 Å². The summed E-state index contributed by atoms with van der Waals surface area (Å²) in [6.07, 6.45) is 0. The van der Waals surface area contributed by atoms with E-state index in [1.54, 1.807) is 11.8 Å². The number of hydrogen-bond acceptors (Lipinski definition) is 3. The lowest BCUT2D eigenvalue weighted by atomic mass is 10.1. The van der Waals surface area contributed by atoms with E-state index in [1.807, 2.05) is 6.92 Å². The van der Waals surface area contributed by atoms with Crippen molar-refractivity contribution in [2.45, 2.75) is 31.7 Å². The number of aryl methyl sites for hydroxylation is 3. The van der Waals surface area contributed by atoms with Crippen LogP contribution < -0.4 is 0 Å². The zero-order chi connectivity index (χ0) is 15.5. The Balaban J connectivity index is 1.86. The Morgan fingerprint density at radius 2 is 1.64 bits per heavy atom. The molecule has 0 spiro atoms. The number of rotatable bonds is 4. The fourth-order valence-electron chi connectivity index (χ4n) is 2.34. The molecule has 112 valence electrons. The van der Waals surface area contributed by atoms with Gasteiger partial charge >= 0.3 is 0 Å². The highest BCUT2D eigenvalue weighted by atomic mass is 32.2. The highest BCUT2D eigenvalue weighted by Gasteiger charge is 2.11. The normalized spacial score (nSPS) is 10.9. The van der Waals surface area contributed by atoms with E-state index >= 15 is 0 Å². The van der Waals surface area contributed by atoms with Crippen molar-refractivity contribution in [1.29, 1.82) is 0 Å². The first-order valence-corrected chi connectivity index (χ1v) is 8.30. The topological polar surface area (TPSA) is 30.7 Å². The Kier molecular flexibility index (Phi) is 4.29. The van der Waals surface area contributed by atoms with E-state index in [4.69, 9.17) is 0 Å². The van der Waals surface area contributed by atoms with Crippen molar-refractivity contribution in [2.24, 2.45) is 0 Å². The largest absolute Gasteiger partial charge is 0.274 e. The van der Waals surface area contributed by atoms with Crippen molar-refractivity contribution in [1.82, 2.24) is 14.8 Å². The van der Waals surface area contributed by atoms with Gasteiger partial charge in [0.1, 0.15) is 5.82 Å². The molecule has 0 saturated carbocycles. The predicted molar refractivity (Wildman–Crippen MR) is 91.6 cm³/mol. The molecule has 22 heavy (non-hydrogen) atoms. The molecule has 0 saturated heterocycles. The van der Waals surface area contributed by atoms with E-state index in [9.17, 15) is 0 Å². The van der Waals surface area contributed by atoms with E-state index in [-0.39, 0.29) is 0 Å². The number of thioether (sulfide) groups is 1. The third-order valence-electron chi connectivity index (χ3n) is 3.71. The summed E-state index contributed by atoms with van der Waals surface area (Å²) in [5, 5.41) is 9.51. The van der Waals surface area contributed by atoms with Gasteiger partial charge in [-0.15, -0.1) is 10.2 Å². The lowest BCUT2D eigenvalue weighted by Crippen LogP contribution is -1.99. The first kappa shape index (κ1) is 14.9. The summed E-state index contributed by atoms with van der Waals surface area (Å²) < 4.78 is 2.11. The molecule has 3 nitrogen and oxygen atoms in total. The fraction of sp³-hybridized carbons (Fsp3) is 0.222. The van der Waals surface area contributed by atoms with Gasteiger partial charge in [-0.05, 0) is 44.0 Å². The maximum atomic E-state index is 4.34. The summed E-state index contributed by atoms with van der Waals surface area (Å²) in [5.41, 5.74) is 5.01. The molecule has 0 atom stereocenters. The minimum absolute atomic E-state index is 0.899. The predicted octanol–water partition coefficient (Wildman–Crippen LogP) is 4.48. The average Bonchev–Trinajstić information content (AvgIpc) is 2.88. The first-order chi connectivity index (χ1) is 10.6. The molecule has 1 aromatic heterocycles. The fourth-order valence-corrected chi connectivity index (χ4v) is 3.42. The molecule has 0 N–H and O–H groups in total. The smallest absolute Gasteiger partial charge is 0.196 e. The van der Waals surface area contributed by atoms with Crippen LogP contribution in [-0.4, -0.2) is 14.8 Å². The third kappa shape index (κ3) is 3.07. The molecular weight excluding hydrogens is 290 g/mol. The summed E-state index contributed by atoms with van der Waals surface area (Å²) in [6.45, 7) is 6.23. The SMILES string of the molecule is Cc1ccc(-n2c(C)nnc2SCc2ccccc2C)cc1. The van der Waals surface area contributed by atoms with Crippen molar-refractivity contribution in [3.8, 4) is 5.69 Å². The van der Waals surface area contributed by atoms with Crippen LogP contribution in [0.15, 0.2) is 53.7 Å². The molecule has 0 aliphatic carbocycles. The van der Waals surface area contributed by atoms with Gasteiger partial charge in [-0.1, -0.05) is 53.7 Å². The van der Waals surface area contributed by atoms with Gasteiger partial charge in [-0.25, -0.2) is 0 Å². The van der Waals surface area contributed by atoms with E-state index in [1.165, 1.54) is 16.7 Å². The molecular formula is C18H19N3S. The highest BCUT2D eigenvalue weighted by Crippen LogP contribution is 2.26.